The van der Waals surface area contributed by atoms with E-state index in [1.807, 2.05) is 0 Å². The molecule has 1 rings (SSSR count). The Labute approximate surface area is 121 Å². The molecule has 4 nitrogen and oxygen atoms in total. The van der Waals surface area contributed by atoms with Gasteiger partial charge in [0.2, 0.25) is 0 Å². The molecule has 0 fully saturated rings. The number of nitrogens with zero attached hydrogens (tertiary/aromatic N) is 1. The van der Waals surface area contributed by atoms with E-state index in [9.17, 15) is 21.6 Å². The first-order valence-electron chi connectivity index (χ1n) is 6.17. The lowest BCUT2D eigenvalue weighted by molar-refractivity contribution is -0.137. The summed E-state index contributed by atoms with van der Waals surface area (Å²) >= 11 is 0. The summed E-state index contributed by atoms with van der Waals surface area (Å²) in [4.78, 5) is 0. The van der Waals surface area contributed by atoms with E-state index in [0.717, 1.165) is 18.2 Å². The zero-order valence-electron chi connectivity index (χ0n) is 11.5. The second kappa shape index (κ2) is 6.35. The topological polar surface area (TPSA) is 70.0 Å². The molecule has 0 aromatic heterocycles. The van der Waals surface area contributed by atoms with Gasteiger partial charge in [-0.25, -0.2) is 8.42 Å². The maximum absolute atomic E-state index is 12.6. The highest BCUT2D eigenvalue weighted by atomic mass is 32.2. The minimum Gasteiger partial charge on any atom is -0.380 e. The van der Waals surface area contributed by atoms with Gasteiger partial charge in [0.15, 0.2) is 9.84 Å². The third-order valence-electron chi connectivity index (χ3n) is 2.81. The largest absolute Gasteiger partial charge is 0.416 e. The number of alkyl halides is 3. The molecule has 1 N–H and O–H groups in total. The van der Waals surface area contributed by atoms with Crippen LogP contribution in [0.15, 0.2) is 18.2 Å². The summed E-state index contributed by atoms with van der Waals surface area (Å²) in [6.07, 6.45) is -4.53. The molecule has 0 aliphatic heterocycles. The first-order chi connectivity index (χ1) is 9.59. The summed E-state index contributed by atoms with van der Waals surface area (Å²) in [7, 11) is -3.22. The van der Waals surface area contributed by atoms with Crippen LogP contribution in [0.3, 0.4) is 0 Å². The summed E-state index contributed by atoms with van der Waals surface area (Å²) < 4.78 is 60.6. The van der Waals surface area contributed by atoms with Crippen molar-refractivity contribution < 1.29 is 21.6 Å². The molecule has 0 spiro atoms. The standard InChI is InChI=1S/C13H15F3N2O2S/c1-3-21(19,20)8-9(2)18-12-5-4-11(13(14,15)16)6-10(12)7-17/h4-6,9,18H,3,8H2,1-2H3. The smallest absolute Gasteiger partial charge is 0.380 e. The number of hydrogen-bond donors (Lipinski definition) is 1. The van der Waals surface area contributed by atoms with Crippen LogP contribution in [0.25, 0.3) is 0 Å². The fourth-order valence-corrected chi connectivity index (χ4v) is 2.83. The molecular weight excluding hydrogens is 305 g/mol. The normalized spacial score (nSPS) is 13.5. The van der Waals surface area contributed by atoms with Crippen LogP contribution in [0.4, 0.5) is 18.9 Å². The van der Waals surface area contributed by atoms with Gasteiger partial charge in [0.25, 0.3) is 0 Å². The van der Waals surface area contributed by atoms with Gasteiger partial charge < -0.3 is 5.32 Å². The first kappa shape index (κ1) is 17.3. The number of anilines is 1. The number of hydrogen-bond acceptors (Lipinski definition) is 4. The predicted octanol–water partition coefficient (Wildman–Crippen LogP) is 2.81. The minimum absolute atomic E-state index is 0.0167. The molecule has 1 aromatic rings. The zero-order chi connectivity index (χ0) is 16.3. The molecule has 0 bridgehead atoms. The third kappa shape index (κ3) is 4.93. The molecule has 1 unspecified atom stereocenters. The Bertz CT molecular complexity index is 648. The number of rotatable bonds is 5. The maximum atomic E-state index is 12.6. The monoisotopic (exact) mass is 320 g/mol. The van der Waals surface area contributed by atoms with Crippen molar-refractivity contribution in [1.82, 2.24) is 0 Å². The fourth-order valence-electron chi connectivity index (χ4n) is 1.74. The molecule has 21 heavy (non-hydrogen) atoms. The Balaban J connectivity index is 2.98. The van der Waals surface area contributed by atoms with Crippen molar-refractivity contribution in [3.05, 3.63) is 29.3 Å². The number of nitrogens with one attached hydrogen (secondary N) is 1. The van der Waals surface area contributed by atoms with E-state index >= 15 is 0 Å². The lowest BCUT2D eigenvalue weighted by Gasteiger charge is -2.17. The lowest BCUT2D eigenvalue weighted by Crippen LogP contribution is -2.27. The first-order valence-corrected chi connectivity index (χ1v) is 7.99. The highest BCUT2D eigenvalue weighted by molar-refractivity contribution is 7.91. The summed E-state index contributed by atoms with van der Waals surface area (Å²) in [5, 5.41) is 11.7. The summed E-state index contributed by atoms with van der Waals surface area (Å²) in [5.74, 6) is -0.174. The van der Waals surface area contributed by atoms with E-state index in [-0.39, 0.29) is 22.8 Å². The van der Waals surface area contributed by atoms with Crippen LogP contribution in [0, 0.1) is 11.3 Å². The highest BCUT2D eigenvalue weighted by Gasteiger charge is 2.31. The number of benzene rings is 1. The molecule has 1 atom stereocenters. The number of nitriles is 1. The van der Waals surface area contributed by atoms with Crippen LogP contribution in [-0.2, 0) is 16.0 Å². The van der Waals surface area contributed by atoms with Gasteiger partial charge in [-0.05, 0) is 25.1 Å². The molecule has 0 amide bonds. The molecule has 116 valence electrons. The number of sulfone groups is 1. The van der Waals surface area contributed by atoms with E-state index < -0.39 is 27.6 Å². The van der Waals surface area contributed by atoms with Crippen LogP contribution >= 0.6 is 0 Å². The Morgan fingerprint density at radius 1 is 1.38 bits per heavy atom. The second-order valence-electron chi connectivity index (χ2n) is 4.61. The van der Waals surface area contributed by atoms with E-state index in [0.29, 0.717) is 0 Å². The van der Waals surface area contributed by atoms with Gasteiger partial charge in [-0.15, -0.1) is 0 Å². The molecular formula is C13H15F3N2O2S. The van der Waals surface area contributed by atoms with Gasteiger partial charge in [-0.1, -0.05) is 6.92 Å². The van der Waals surface area contributed by atoms with Gasteiger partial charge in [0.1, 0.15) is 6.07 Å². The van der Waals surface area contributed by atoms with Crippen molar-refractivity contribution in [2.45, 2.75) is 26.1 Å². The SMILES string of the molecule is CCS(=O)(=O)CC(C)Nc1ccc(C(F)(F)F)cc1C#N. The van der Waals surface area contributed by atoms with Gasteiger partial charge in [-0.2, -0.15) is 18.4 Å². The summed E-state index contributed by atoms with van der Waals surface area (Å²) in [5.41, 5.74) is -0.909. The molecule has 1 aromatic carbocycles. The van der Waals surface area contributed by atoms with E-state index in [2.05, 4.69) is 5.32 Å². The zero-order valence-corrected chi connectivity index (χ0v) is 12.3. The Kier molecular flexibility index (Phi) is 5.23. The van der Waals surface area contributed by atoms with Gasteiger partial charge in [0, 0.05) is 11.8 Å². The average molecular weight is 320 g/mol. The van der Waals surface area contributed by atoms with Crippen LogP contribution < -0.4 is 5.32 Å². The van der Waals surface area contributed by atoms with Gasteiger partial charge >= 0.3 is 6.18 Å². The van der Waals surface area contributed by atoms with Crippen molar-refractivity contribution in [2.75, 3.05) is 16.8 Å². The lowest BCUT2D eigenvalue weighted by atomic mass is 10.1. The minimum atomic E-state index is -4.53. The second-order valence-corrected chi connectivity index (χ2v) is 7.01. The van der Waals surface area contributed by atoms with E-state index in [1.165, 1.54) is 6.92 Å². The van der Waals surface area contributed by atoms with Crippen LogP contribution in [0.1, 0.15) is 25.0 Å². The fraction of sp³-hybridized carbons (Fsp3) is 0.462. The van der Waals surface area contributed by atoms with E-state index in [1.54, 1.807) is 13.0 Å². The predicted molar refractivity (Wildman–Crippen MR) is 73.6 cm³/mol. The Morgan fingerprint density at radius 2 is 2.00 bits per heavy atom. The Hall–Kier alpha value is -1.75. The van der Waals surface area contributed by atoms with Crippen LogP contribution in [0.5, 0.6) is 0 Å². The van der Waals surface area contributed by atoms with Crippen LogP contribution in [0.2, 0.25) is 0 Å². The molecule has 0 aliphatic carbocycles. The Morgan fingerprint density at radius 3 is 2.48 bits per heavy atom. The molecule has 0 aliphatic rings. The van der Waals surface area contributed by atoms with Crippen molar-refractivity contribution in [2.24, 2.45) is 0 Å². The quantitative estimate of drug-likeness (QED) is 0.905. The molecule has 0 radical (unpaired) electrons. The molecule has 8 heteroatoms. The average Bonchev–Trinajstić information content (AvgIpc) is 2.37. The molecule has 0 heterocycles. The van der Waals surface area contributed by atoms with Gasteiger partial charge in [0.05, 0.1) is 22.6 Å². The van der Waals surface area contributed by atoms with Gasteiger partial charge in [-0.3, -0.25) is 0 Å². The van der Waals surface area contributed by atoms with Crippen molar-refractivity contribution in [3.63, 3.8) is 0 Å². The maximum Gasteiger partial charge on any atom is 0.416 e. The summed E-state index contributed by atoms with van der Waals surface area (Å²) in [6, 6.07) is 3.89. The number of halogens is 3. The van der Waals surface area contributed by atoms with Crippen molar-refractivity contribution in [1.29, 1.82) is 5.26 Å². The van der Waals surface area contributed by atoms with E-state index in [4.69, 9.17) is 5.26 Å². The molecule has 0 saturated heterocycles. The molecule has 0 saturated carbocycles. The summed E-state index contributed by atoms with van der Waals surface area (Å²) in [6.45, 7) is 3.10. The van der Waals surface area contributed by atoms with Crippen molar-refractivity contribution in [3.8, 4) is 6.07 Å². The third-order valence-corrected chi connectivity index (χ3v) is 4.70. The van der Waals surface area contributed by atoms with Crippen LogP contribution in [-0.4, -0.2) is 26.0 Å². The highest BCUT2D eigenvalue weighted by Crippen LogP contribution is 2.31. The van der Waals surface area contributed by atoms with Crippen molar-refractivity contribution >= 4 is 15.5 Å².